The molecule has 0 amide bonds. The van der Waals surface area contributed by atoms with Crippen LogP contribution in [0, 0.1) is 0 Å². The Bertz CT molecular complexity index is 596. The fourth-order valence-corrected chi connectivity index (χ4v) is 1.92. The highest BCUT2D eigenvalue weighted by Crippen LogP contribution is 2.29. The van der Waals surface area contributed by atoms with Crippen LogP contribution in [0.3, 0.4) is 0 Å². The normalized spacial score (nSPS) is 11.2. The number of hydrogen-bond acceptors (Lipinski definition) is 2. The Balaban J connectivity index is 2.64. The standard InChI is InChI=1S/C13H13NO3/c1-14-8-9(6-7-12(15)16)10-4-3-5-11(17-2)13(10)14/h3-8H,1-2H3,(H,15,16)/b7-6+. The highest BCUT2D eigenvalue weighted by Gasteiger charge is 2.08. The van der Waals surface area contributed by atoms with Gasteiger partial charge in [0.05, 0.1) is 12.6 Å². The number of aryl methyl sites for hydroxylation is 1. The van der Waals surface area contributed by atoms with Crippen molar-refractivity contribution in [2.45, 2.75) is 0 Å². The van der Waals surface area contributed by atoms with E-state index in [1.54, 1.807) is 13.2 Å². The van der Waals surface area contributed by atoms with Crippen LogP contribution in [-0.2, 0) is 11.8 Å². The molecule has 1 heterocycles. The van der Waals surface area contributed by atoms with Crippen LogP contribution in [0.25, 0.3) is 17.0 Å². The molecule has 0 bridgehead atoms. The van der Waals surface area contributed by atoms with Gasteiger partial charge in [0.15, 0.2) is 0 Å². The van der Waals surface area contributed by atoms with Crippen molar-refractivity contribution in [2.75, 3.05) is 7.11 Å². The smallest absolute Gasteiger partial charge is 0.328 e. The number of carbonyl (C=O) groups is 1. The van der Waals surface area contributed by atoms with Crippen LogP contribution in [0.5, 0.6) is 5.75 Å². The van der Waals surface area contributed by atoms with E-state index in [1.165, 1.54) is 0 Å². The fraction of sp³-hybridized carbons (Fsp3) is 0.154. The minimum Gasteiger partial charge on any atom is -0.495 e. The van der Waals surface area contributed by atoms with E-state index in [0.29, 0.717) is 0 Å². The molecule has 0 spiro atoms. The number of fused-ring (bicyclic) bond motifs is 1. The van der Waals surface area contributed by atoms with Gasteiger partial charge in [0.2, 0.25) is 0 Å². The SMILES string of the molecule is COc1cccc2c(/C=C/C(=O)O)cn(C)c12. The van der Waals surface area contributed by atoms with Crippen LogP contribution in [-0.4, -0.2) is 22.8 Å². The second-order valence-corrected chi connectivity index (χ2v) is 3.72. The summed E-state index contributed by atoms with van der Waals surface area (Å²) in [5.41, 5.74) is 1.82. The van der Waals surface area contributed by atoms with Gasteiger partial charge in [0.1, 0.15) is 5.75 Å². The van der Waals surface area contributed by atoms with Gasteiger partial charge in [-0.15, -0.1) is 0 Å². The molecule has 1 N–H and O–H groups in total. The van der Waals surface area contributed by atoms with Crippen molar-refractivity contribution in [2.24, 2.45) is 7.05 Å². The molecule has 0 aliphatic carbocycles. The molecule has 0 radical (unpaired) electrons. The van der Waals surface area contributed by atoms with Gasteiger partial charge in [0, 0.05) is 30.3 Å². The number of ether oxygens (including phenoxy) is 1. The third-order valence-corrected chi connectivity index (χ3v) is 2.62. The van der Waals surface area contributed by atoms with Crippen molar-refractivity contribution in [3.63, 3.8) is 0 Å². The first-order chi connectivity index (χ1) is 8.13. The molecule has 0 atom stereocenters. The number of para-hydroxylation sites is 1. The summed E-state index contributed by atoms with van der Waals surface area (Å²) in [6.45, 7) is 0. The summed E-state index contributed by atoms with van der Waals surface area (Å²) in [4.78, 5) is 10.5. The zero-order chi connectivity index (χ0) is 12.4. The third-order valence-electron chi connectivity index (χ3n) is 2.62. The summed E-state index contributed by atoms with van der Waals surface area (Å²) in [7, 11) is 3.53. The lowest BCUT2D eigenvalue weighted by Gasteiger charge is -2.03. The largest absolute Gasteiger partial charge is 0.495 e. The lowest BCUT2D eigenvalue weighted by Crippen LogP contribution is -1.89. The van der Waals surface area contributed by atoms with Gasteiger partial charge < -0.3 is 14.4 Å². The molecule has 1 aromatic heterocycles. The molecule has 17 heavy (non-hydrogen) atoms. The van der Waals surface area contributed by atoms with E-state index in [4.69, 9.17) is 9.84 Å². The summed E-state index contributed by atoms with van der Waals surface area (Å²) in [5, 5.41) is 9.61. The number of methoxy groups -OCH3 is 1. The summed E-state index contributed by atoms with van der Waals surface area (Å²) in [6, 6.07) is 5.71. The monoisotopic (exact) mass is 231 g/mol. The molecule has 1 aromatic carbocycles. The topological polar surface area (TPSA) is 51.5 Å². The zero-order valence-electron chi connectivity index (χ0n) is 9.68. The number of rotatable bonds is 3. The van der Waals surface area contributed by atoms with Crippen LogP contribution in [0.1, 0.15) is 5.56 Å². The summed E-state index contributed by atoms with van der Waals surface area (Å²) in [6.07, 6.45) is 4.60. The van der Waals surface area contributed by atoms with Crippen molar-refractivity contribution in [3.8, 4) is 5.75 Å². The first kappa shape index (κ1) is 11.3. The number of carboxylic acids is 1. The van der Waals surface area contributed by atoms with Crippen molar-refractivity contribution in [1.82, 2.24) is 4.57 Å². The van der Waals surface area contributed by atoms with E-state index in [9.17, 15) is 4.79 Å². The first-order valence-corrected chi connectivity index (χ1v) is 5.16. The minimum atomic E-state index is -0.954. The Morgan fingerprint density at radius 1 is 1.47 bits per heavy atom. The Morgan fingerprint density at radius 2 is 2.24 bits per heavy atom. The van der Waals surface area contributed by atoms with E-state index < -0.39 is 5.97 Å². The average Bonchev–Trinajstić information content (AvgIpc) is 2.64. The van der Waals surface area contributed by atoms with Crippen LogP contribution < -0.4 is 4.74 Å². The van der Waals surface area contributed by atoms with Crippen LogP contribution in [0.15, 0.2) is 30.5 Å². The molecule has 4 heteroatoms. The number of aliphatic carboxylic acids is 1. The maximum absolute atomic E-state index is 10.5. The predicted molar refractivity (Wildman–Crippen MR) is 66.1 cm³/mol. The van der Waals surface area contributed by atoms with Crippen LogP contribution in [0.2, 0.25) is 0 Å². The molecule has 0 unspecified atom stereocenters. The predicted octanol–water partition coefficient (Wildman–Crippen LogP) is 2.28. The number of hydrogen-bond donors (Lipinski definition) is 1. The first-order valence-electron chi connectivity index (χ1n) is 5.16. The molecule has 0 saturated carbocycles. The van der Waals surface area contributed by atoms with Crippen molar-refractivity contribution in [1.29, 1.82) is 0 Å². The Hall–Kier alpha value is -2.23. The molecule has 88 valence electrons. The van der Waals surface area contributed by atoms with Gasteiger partial charge in [-0.05, 0) is 12.1 Å². The lowest BCUT2D eigenvalue weighted by atomic mass is 10.1. The van der Waals surface area contributed by atoms with Crippen molar-refractivity contribution >= 4 is 22.9 Å². The second-order valence-electron chi connectivity index (χ2n) is 3.72. The molecule has 0 fully saturated rings. The second kappa shape index (κ2) is 4.33. The Labute approximate surface area is 98.7 Å². The Kier molecular flexibility index (Phi) is 2.87. The molecular weight excluding hydrogens is 218 g/mol. The quantitative estimate of drug-likeness (QED) is 0.824. The average molecular weight is 231 g/mol. The number of carboxylic acid groups (broad SMARTS) is 1. The lowest BCUT2D eigenvalue weighted by molar-refractivity contribution is -0.131. The zero-order valence-corrected chi connectivity index (χ0v) is 9.68. The minimum absolute atomic E-state index is 0.778. The summed E-state index contributed by atoms with van der Waals surface area (Å²) < 4.78 is 7.21. The number of benzene rings is 1. The van der Waals surface area contributed by atoms with Gasteiger partial charge in [-0.3, -0.25) is 0 Å². The van der Waals surface area contributed by atoms with E-state index in [-0.39, 0.29) is 0 Å². The van der Waals surface area contributed by atoms with Crippen LogP contribution in [0.4, 0.5) is 0 Å². The maximum atomic E-state index is 10.5. The third kappa shape index (κ3) is 2.01. The molecule has 2 rings (SSSR count). The van der Waals surface area contributed by atoms with Gasteiger partial charge in [-0.25, -0.2) is 4.79 Å². The molecule has 0 aliphatic heterocycles. The van der Waals surface area contributed by atoms with Gasteiger partial charge in [-0.2, -0.15) is 0 Å². The highest BCUT2D eigenvalue weighted by atomic mass is 16.5. The van der Waals surface area contributed by atoms with E-state index >= 15 is 0 Å². The number of nitrogens with zero attached hydrogens (tertiary/aromatic N) is 1. The Morgan fingerprint density at radius 3 is 2.88 bits per heavy atom. The highest BCUT2D eigenvalue weighted by molar-refractivity contribution is 5.96. The summed E-state index contributed by atoms with van der Waals surface area (Å²) >= 11 is 0. The molecule has 2 aromatic rings. The van der Waals surface area contributed by atoms with Gasteiger partial charge in [0.25, 0.3) is 0 Å². The van der Waals surface area contributed by atoms with Crippen molar-refractivity contribution < 1.29 is 14.6 Å². The van der Waals surface area contributed by atoms with Gasteiger partial charge in [-0.1, -0.05) is 12.1 Å². The summed E-state index contributed by atoms with van der Waals surface area (Å²) in [5.74, 6) is -0.176. The van der Waals surface area contributed by atoms with Gasteiger partial charge >= 0.3 is 5.97 Å². The fourth-order valence-electron chi connectivity index (χ4n) is 1.92. The van der Waals surface area contributed by atoms with E-state index in [0.717, 1.165) is 28.3 Å². The molecule has 0 saturated heterocycles. The van der Waals surface area contributed by atoms with Crippen LogP contribution >= 0.6 is 0 Å². The maximum Gasteiger partial charge on any atom is 0.328 e. The van der Waals surface area contributed by atoms with E-state index in [1.807, 2.05) is 36.0 Å². The molecule has 0 aliphatic rings. The molecular formula is C13H13NO3. The van der Waals surface area contributed by atoms with E-state index in [2.05, 4.69) is 0 Å². The molecule has 4 nitrogen and oxygen atoms in total. The number of aromatic nitrogens is 1. The van der Waals surface area contributed by atoms with Crippen molar-refractivity contribution in [3.05, 3.63) is 36.0 Å².